The normalized spacial score (nSPS) is 20.4. The lowest BCUT2D eigenvalue weighted by molar-refractivity contribution is -0.150. The molecule has 3 atom stereocenters. The number of ether oxygens (including phenoxy) is 3. The Labute approximate surface area is 203 Å². The second kappa shape index (κ2) is 10.5. The summed E-state index contributed by atoms with van der Waals surface area (Å²) in [4.78, 5) is 36.4. The Kier molecular flexibility index (Phi) is 7.37. The molecule has 2 amide bonds. The van der Waals surface area contributed by atoms with Crippen LogP contribution in [0.1, 0.15) is 30.4 Å². The van der Waals surface area contributed by atoms with E-state index in [2.05, 4.69) is 34.9 Å². The Bertz CT molecular complexity index is 1060. The molecular weight excluding hydrogens is 452 g/mol. The van der Waals surface area contributed by atoms with Crippen molar-refractivity contribution in [1.82, 2.24) is 10.6 Å². The fourth-order valence-electron chi connectivity index (χ4n) is 4.69. The lowest BCUT2D eigenvalue weighted by Gasteiger charge is -2.26. The number of carboxylic acids is 1. The number of carbonyl (C=O) groups is 3. The van der Waals surface area contributed by atoms with Crippen LogP contribution in [0.25, 0.3) is 11.1 Å². The molecule has 2 aromatic carbocycles. The van der Waals surface area contributed by atoms with Crippen LogP contribution in [0, 0.1) is 5.92 Å². The Balaban J connectivity index is 1.25. The van der Waals surface area contributed by atoms with Gasteiger partial charge >= 0.3 is 12.1 Å². The molecule has 0 spiro atoms. The smallest absolute Gasteiger partial charge is 0.407 e. The number of amides is 2. The van der Waals surface area contributed by atoms with Gasteiger partial charge in [0.25, 0.3) is 0 Å². The van der Waals surface area contributed by atoms with Gasteiger partial charge in [-0.3, -0.25) is 4.79 Å². The number of rotatable bonds is 9. The van der Waals surface area contributed by atoms with Gasteiger partial charge in [-0.2, -0.15) is 0 Å². The van der Waals surface area contributed by atoms with E-state index in [9.17, 15) is 19.5 Å². The summed E-state index contributed by atoms with van der Waals surface area (Å²) in [6.45, 7) is 1.78. The Morgan fingerprint density at radius 1 is 1.09 bits per heavy atom. The van der Waals surface area contributed by atoms with E-state index in [1.165, 1.54) is 14.0 Å². The number of carbonyl (C=O) groups excluding carboxylic acids is 2. The Morgan fingerprint density at radius 3 is 2.31 bits per heavy atom. The molecule has 1 heterocycles. The third-order valence-electron chi connectivity index (χ3n) is 6.57. The van der Waals surface area contributed by atoms with Crippen LogP contribution in [-0.4, -0.2) is 68.2 Å². The number of methoxy groups -OCH3 is 1. The predicted octanol–water partition coefficient (Wildman–Crippen LogP) is 2.54. The van der Waals surface area contributed by atoms with Crippen molar-refractivity contribution in [3.05, 3.63) is 59.7 Å². The maximum Gasteiger partial charge on any atom is 0.407 e. The predicted molar refractivity (Wildman–Crippen MR) is 127 cm³/mol. The minimum atomic E-state index is -1.52. The summed E-state index contributed by atoms with van der Waals surface area (Å²) in [6.07, 6.45) is -0.565. The molecule has 35 heavy (non-hydrogen) atoms. The van der Waals surface area contributed by atoms with E-state index in [1.54, 1.807) is 0 Å². The number of nitrogens with one attached hydrogen (secondary N) is 2. The lowest BCUT2D eigenvalue weighted by atomic mass is 9.98. The number of fused-ring (bicyclic) bond motifs is 3. The monoisotopic (exact) mass is 482 g/mol. The molecule has 2 aliphatic rings. The van der Waals surface area contributed by atoms with Gasteiger partial charge in [0.2, 0.25) is 5.91 Å². The van der Waals surface area contributed by atoms with E-state index in [0.717, 1.165) is 22.3 Å². The number of hydrogen-bond acceptors (Lipinski definition) is 6. The summed E-state index contributed by atoms with van der Waals surface area (Å²) in [6, 6.07) is 16.2. The second-order valence-corrected chi connectivity index (χ2v) is 9.15. The van der Waals surface area contributed by atoms with Gasteiger partial charge in [0, 0.05) is 19.6 Å². The van der Waals surface area contributed by atoms with E-state index >= 15 is 0 Å². The summed E-state index contributed by atoms with van der Waals surface area (Å²) < 4.78 is 16.1. The van der Waals surface area contributed by atoms with Gasteiger partial charge in [-0.25, -0.2) is 9.59 Å². The van der Waals surface area contributed by atoms with Crippen LogP contribution in [0.5, 0.6) is 0 Å². The van der Waals surface area contributed by atoms with Crippen LogP contribution >= 0.6 is 0 Å². The molecule has 1 saturated heterocycles. The summed E-state index contributed by atoms with van der Waals surface area (Å²) in [5.74, 6) is -2.14. The molecular formula is C26H30N2O7. The van der Waals surface area contributed by atoms with E-state index in [-0.39, 0.29) is 38.4 Å². The standard InChI is InChI=1S/C26H30N2O7/c1-26(15-33-2,24(30)31)28-23(29)16-11-17(34-13-16)12-27-25(32)35-14-22-20-9-5-3-7-18(20)19-8-4-6-10-21(19)22/h3-10,16-17,22H,11-15H2,1-2H3,(H,27,32)(H,28,29)(H,30,31). The molecule has 1 fully saturated rings. The molecule has 0 aromatic heterocycles. The molecule has 0 radical (unpaired) electrons. The highest BCUT2D eigenvalue weighted by Gasteiger charge is 2.39. The number of benzene rings is 2. The maximum atomic E-state index is 12.6. The molecule has 3 unspecified atom stereocenters. The van der Waals surface area contributed by atoms with Crippen molar-refractivity contribution in [2.45, 2.75) is 30.9 Å². The van der Waals surface area contributed by atoms with Gasteiger partial charge in [-0.05, 0) is 35.6 Å². The van der Waals surface area contributed by atoms with Crippen molar-refractivity contribution in [1.29, 1.82) is 0 Å². The van der Waals surface area contributed by atoms with Crippen LogP contribution < -0.4 is 10.6 Å². The first-order valence-electron chi connectivity index (χ1n) is 11.6. The quantitative estimate of drug-likeness (QED) is 0.502. The minimum absolute atomic E-state index is 0.0281. The van der Waals surface area contributed by atoms with Crippen molar-refractivity contribution in [2.24, 2.45) is 5.92 Å². The molecule has 9 nitrogen and oxygen atoms in total. The lowest BCUT2D eigenvalue weighted by Crippen LogP contribution is -2.56. The van der Waals surface area contributed by atoms with Crippen LogP contribution in [0.2, 0.25) is 0 Å². The van der Waals surface area contributed by atoms with Crippen molar-refractivity contribution in [3.8, 4) is 11.1 Å². The van der Waals surface area contributed by atoms with E-state index in [1.807, 2.05) is 24.3 Å². The molecule has 186 valence electrons. The Morgan fingerprint density at radius 2 is 1.71 bits per heavy atom. The van der Waals surface area contributed by atoms with E-state index in [4.69, 9.17) is 14.2 Å². The average Bonchev–Trinajstić information content (AvgIpc) is 3.45. The molecule has 1 aliphatic carbocycles. The van der Waals surface area contributed by atoms with Gasteiger partial charge < -0.3 is 30.0 Å². The zero-order valence-electron chi connectivity index (χ0n) is 19.8. The average molecular weight is 483 g/mol. The molecule has 0 saturated carbocycles. The first-order chi connectivity index (χ1) is 16.8. The SMILES string of the molecule is COCC(C)(NC(=O)C1COC(CNC(=O)OCC2c3ccccc3-c3ccccc32)C1)C(=O)O. The number of carboxylic acid groups (broad SMARTS) is 1. The summed E-state index contributed by atoms with van der Waals surface area (Å²) >= 11 is 0. The highest BCUT2D eigenvalue weighted by Crippen LogP contribution is 2.44. The number of hydrogen-bond donors (Lipinski definition) is 3. The van der Waals surface area contributed by atoms with Crippen molar-refractivity contribution in [2.75, 3.05) is 33.5 Å². The van der Waals surface area contributed by atoms with E-state index in [0.29, 0.717) is 6.42 Å². The molecule has 0 bridgehead atoms. The van der Waals surface area contributed by atoms with Gasteiger partial charge in [0.15, 0.2) is 5.54 Å². The first kappa shape index (κ1) is 24.7. The molecule has 4 rings (SSSR count). The zero-order valence-corrected chi connectivity index (χ0v) is 19.8. The third-order valence-corrected chi connectivity index (χ3v) is 6.57. The molecule has 1 aliphatic heterocycles. The zero-order chi connectivity index (χ0) is 25.0. The van der Waals surface area contributed by atoms with Gasteiger partial charge in [0.1, 0.15) is 6.61 Å². The van der Waals surface area contributed by atoms with Crippen molar-refractivity contribution < 1.29 is 33.7 Å². The second-order valence-electron chi connectivity index (χ2n) is 9.15. The summed E-state index contributed by atoms with van der Waals surface area (Å²) in [7, 11) is 1.37. The van der Waals surface area contributed by atoms with Gasteiger partial charge in [-0.15, -0.1) is 0 Å². The topological polar surface area (TPSA) is 123 Å². The van der Waals surface area contributed by atoms with Crippen LogP contribution in [0.15, 0.2) is 48.5 Å². The van der Waals surface area contributed by atoms with Crippen LogP contribution in [0.3, 0.4) is 0 Å². The Hall–Kier alpha value is -3.43. The van der Waals surface area contributed by atoms with Crippen molar-refractivity contribution >= 4 is 18.0 Å². The molecule has 9 heteroatoms. The number of alkyl carbamates (subject to hydrolysis) is 1. The van der Waals surface area contributed by atoms with Gasteiger partial charge in [0.05, 0.1) is 25.2 Å². The largest absolute Gasteiger partial charge is 0.479 e. The van der Waals surface area contributed by atoms with Crippen LogP contribution in [-0.2, 0) is 23.8 Å². The van der Waals surface area contributed by atoms with Crippen LogP contribution in [0.4, 0.5) is 4.79 Å². The van der Waals surface area contributed by atoms with Crippen molar-refractivity contribution in [3.63, 3.8) is 0 Å². The third kappa shape index (κ3) is 5.31. The number of aliphatic carboxylic acids is 1. The highest BCUT2D eigenvalue weighted by atomic mass is 16.5. The van der Waals surface area contributed by atoms with Gasteiger partial charge in [-0.1, -0.05) is 48.5 Å². The fourth-order valence-corrected chi connectivity index (χ4v) is 4.69. The summed E-state index contributed by atoms with van der Waals surface area (Å²) in [5, 5.41) is 14.6. The summed E-state index contributed by atoms with van der Waals surface area (Å²) in [5.41, 5.74) is 3.06. The highest BCUT2D eigenvalue weighted by molar-refractivity contribution is 5.88. The molecule has 2 aromatic rings. The first-order valence-corrected chi connectivity index (χ1v) is 11.6. The fraction of sp³-hybridized carbons (Fsp3) is 0.423. The molecule has 3 N–H and O–H groups in total. The maximum absolute atomic E-state index is 12.6. The van der Waals surface area contributed by atoms with E-state index < -0.39 is 29.4 Å². The minimum Gasteiger partial charge on any atom is -0.479 e.